The number of aliphatic imine (C=N–C) groups is 2. The summed E-state index contributed by atoms with van der Waals surface area (Å²) >= 11 is 5.94. The van der Waals surface area contributed by atoms with E-state index in [1.165, 1.54) is 6.20 Å². The van der Waals surface area contributed by atoms with Crippen molar-refractivity contribution >= 4 is 34.9 Å². The SMILES string of the molecule is O=C(Nc1ccnc(Cl)c1)C1CN=C2C(NC3CC3)=CC(=NC3CCC(NCC(F)(F)F)CC3)NN21. The van der Waals surface area contributed by atoms with E-state index >= 15 is 0 Å². The van der Waals surface area contributed by atoms with E-state index in [2.05, 4.69) is 31.4 Å². The topological polar surface area (TPSA) is 106 Å². The minimum absolute atomic E-state index is 0.0119. The fraction of sp³-hybridized carbons (Fsp3) is 0.565. The van der Waals surface area contributed by atoms with Crippen molar-refractivity contribution in [3.05, 3.63) is 35.3 Å². The van der Waals surface area contributed by atoms with E-state index in [0.29, 0.717) is 49.1 Å². The average Bonchev–Trinajstić information content (AvgIpc) is 3.53. The molecular formula is C23H28ClF3N8O. The lowest BCUT2D eigenvalue weighted by Gasteiger charge is -2.34. The maximum atomic E-state index is 13.1. The van der Waals surface area contributed by atoms with Crippen LogP contribution in [0.4, 0.5) is 18.9 Å². The van der Waals surface area contributed by atoms with Crippen molar-refractivity contribution in [2.45, 2.75) is 68.9 Å². The average molecular weight is 525 g/mol. The molecule has 13 heteroatoms. The minimum Gasteiger partial charge on any atom is -0.379 e. The summed E-state index contributed by atoms with van der Waals surface area (Å²) in [4.78, 5) is 26.5. The van der Waals surface area contributed by atoms with E-state index in [9.17, 15) is 18.0 Å². The van der Waals surface area contributed by atoms with Crippen LogP contribution in [0.2, 0.25) is 5.15 Å². The molecule has 0 aromatic carbocycles. The lowest BCUT2D eigenvalue weighted by Crippen LogP contribution is -2.57. The van der Waals surface area contributed by atoms with Crippen LogP contribution in [0, 0.1) is 0 Å². The first-order valence-corrected chi connectivity index (χ1v) is 12.5. The number of nitrogens with one attached hydrogen (secondary N) is 4. The van der Waals surface area contributed by atoms with Crippen LogP contribution in [-0.2, 0) is 4.79 Å². The molecule has 4 aliphatic rings. The molecule has 194 valence electrons. The molecule has 0 saturated heterocycles. The highest BCUT2D eigenvalue weighted by molar-refractivity contribution is 6.29. The molecule has 5 rings (SSSR count). The van der Waals surface area contributed by atoms with E-state index in [1.54, 1.807) is 17.1 Å². The van der Waals surface area contributed by atoms with Crippen molar-refractivity contribution in [1.82, 2.24) is 26.1 Å². The summed E-state index contributed by atoms with van der Waals surface area (Å²) in [5.74, 6) is 1.02. The third-order valence-corrected chi connectivity index (χ3v) is 6.76. The van der Waals surface area contributed by atoms with Crippen LogP contribution in [-0.4, -0.2) is 71.0 Å². The second kappa shape index (κ2) is 10.3. The second-order valence-corrected chi connectivity index (χ2v) is 9.90. The number of alkyl halides is 3. The minimum atomic E-state index is -4.21. The summed E-state index contributed by atoms with van der Waals surface area (Å²) in [6.07, 6.45) is 4.01. The Hall–Kier alpha value is -2.86. The van der Waals surface area contributed by atoms with Crippen molar-refractivity contribution in [3.63, 3.8) is 0 Å². The number of rotatable bonds is 7. The van der Waals surface area contributed by atoms with Gasteiger partial charge in [0.25, 0.3) is 5.91 Å². The Labute approximate surface area is 211 Å². The molecule has 1 aromatic rings. The number of halogens is 4. The standard InChI is InChI=1S/C23H28ClF3N8O/c24-19-9-16(7-8-28-19)33-22(36)18-11-29-21-17(31-14-5-6-14)10-20(34-35(18)21)32-15-3-1-13(2-4-15)30-12-23(25,26)27/h7-10,13-15,18,30-31H,1-6,11-12H2,(H,32,34)(H,28,33,36). The molecule has 0 radical (unpaired) electrons. The van der Waals surface area contributed by atoms with Gasteiger partial charge in [-0.05, 0) is 50.7 Å². The van der Waals surface area contributed by atoms with Crippen LogP contribution >= 0.6 is 11.6 Å². The van der Waals surface area contributed by atoms with Crippen molar-refractivity contribution in [3.8, 4) is 0 Å². The van der Waals surface area contributed by atoms with Gasteiger partial charge in [-0.15, -0.1) is 0 Å². The van der Waals surface area contributed by atoms with E-state index in [4.69, 9.17) is 16.6 Å². The zero-order valence-corrected chi connectivity index (χ0v) is 20.2. The van der Waals surface area contributed by atoms with Crippen LogP contribution in [0.3, 0.4) is 0 Å². The number of pyridine rings is 1. The van der Waals surface area contributed by atoms with Gasteiger partial charge in [0.1, 0.15) is 11.0 Å². The molecule has 2 aliphatic carbocycles. The predicted octanol–water partition coefficient (Wildman–Crippen LogP) is 2.77. The van der Waals surface area contributed by atoms with Gasteiger partial charge >= 0.3 is 6.18 Å². The van der Waals surface area contributed by atoms with Gasteiger partial charge in [-0.25, -0.2) is 4.98 Å². The zero-order chi connectivity index (χ0) is 25.3. The van der Waals surface area contributed by atoms with Gasteiger partial charge in [-0.1, -0.05) is 11.6 Å². The lowest BCUT2D eigenvalue weighted by molar-refractivity contribution is -0.126. The second-order valence-electron chi connectivity index (χ2n) is 9.51. The maximum Gasteiger partial charge on any atom is 0.401 e. The lowest BCUT2D eigenvalue weighted by atomic mass is 9.91. The number of anilines is 1. The monoisotopic (exact) mass is 524 g/mol. The Kier molecular flexibility index (Phi) is 7.07. The molecule has 36 heavy (non-hydrogen) atoms. The summed E-state index contributed by atoms with van der Waals surface area (Å²) in [5, 5.41) is 11.0. The Morgan fingerprint density at radius 3 is 2.64 bits per heavy atom. The summed E-state index contributed by atoms with van der Waals surface area (Å²) in [6, 6.07) is 2.86. The Bertz CT molecular complexity index is 1080. The third kappa shape index (κ3) is 6.28. The number of aromatic nitrogens is 1. The normalized spacial score (nSPS) is 27.2. The maximum absolute atomic E-state index is 13.1. The van der Waals surface area contributed by atoms with Crippen LogP contribution < -0.4 is 21.4 Å². The number of nitrogens with zero attached hydrogens (tertiary/aromatic N) is 4. The Balaban J connectivity index is 1.26. The summed E-state index contributed by atoms with van der Waals surface area (Å²) < 4.78 is 37.5. The summed E-state index contributed by atoms with van der Waals surface area (Å²) in [6.45, 7) is -0.691. The first-order chi connectivity index (χ1) is 17.2. The fourth-order valence-electron chi connectivity index (χ4n) is 4.57. The van der Waals surface area contributed by atoms with Crippen LogP contribution in [0.1, 0.15) is 38.5 Å². The molecule has 2 fully saturated rings. The van der Waals surface area contributed by atoms with E-state index in [1.807, 2.05) is 6.08 Å². The van der Waals surface area contributed by atoms with Gasteiger partial charge in [0.05, 0.1) is 24.8 Å². The van der Waals surface area contributed by atoms with Crippen LogP contribution in [0.25, 0.3) is 0 Å². The van der Waals surface area contributed by atoms with Crippen molar-refractivity contribution in [1.29, 1.82) is 0 Å². The summed E-state index contributed by atoms with van der Waals surface area (Å²) in [7, 11) is 0. The van der Waals surface area contributed by atoms with Gasteiger partial charge in [0.15, 0.2) is 11.9 Å². The van der Waals surface area contributed by atoms with E-state index in [-0.39, 0.29) is 29.7 Å². The van der Waals surface area contributed by atoms with Crippen molar-refractivity contribution in [2.24, 2.45) is 9.98 Å². The Morgan fingerprint density at radius 1 is 1.19 bits per heavy atom. The number of hydrogen-bond donors (Lipinski definition) is 4. The number of fused-ring (bicyclic) bond motifs is 1. The summed E-state index contributed by atoms with van der Waals surface area (Å²) in [5.41, 5.74) is 4.60. The van der Waals surface area contributed by atoms with Crippen LogP contribution in [0.5, 0.6) is 0 Å². The number of hydrogen-bond acceptors (Lipinski definition) is 7. The van der Waals surface area contributed by atoms with Crippen molar-refractivity contribution < 1.29 is 18.0 Å². The smallest absolute Gasteiger partial charge is 0.379 e. The highest BCUT2D eigenvalue weighted by Gasteiger charge is 2.40. The van der Waals surface area contributed by atoms with E-state index < -0.39 is 18.8 Å². The van der Waals surface area contributed by atoms with Crippen LogP contribution in [0.15, 0.2) is 40.1 Å². The molecule has 0 bridgehead atoms. The number of carbonyl (C=O) groups excluding carboxylic acids is 1. The highest BCUT2D eigenvalue weighted by atomic mass is 35.5. The van der Waals surface area contributed by atoms with Gasteiger partial charge in [-0.3, -0.25) is 25.2 Å². The molecule has 2 aliphatic heterocycles. The Morgan fingerprint density at radius 2 is 1.94 bits per heavy atom. The number of amides is 1. The molecule has 9 nitrogen and oxygen atoms in total. The molecule has 4 N–H and O–H groups in total. The molecule has 1 unspecified atom stereocenters. The molecule has 0 spiro atoms. The number of amidine groups is 2. The molecular weight excluding hydrogens is 497 g/mol. The third-order valence-electron chi connectivity index (χ3n) is 6.55. The van der Waals surface area contributed by atoms with Gasteiger partial charge in [0, 0.05) is 30.0 Å². The molecule has 1 atom stereocenters. The van der Waals surface area contributed by atoms with E-state index in [0.717, 1.165) is 18.5 Å². The van der Waals surface area contributed by atoms with Gasteiger partial charge < -0.3 is 16.0 Å². The highest BCUT2D eigenvalue weighted by Crippen LogP contribution is 2.26. The predicted molar refractivity (Wildman–Crippen MR) is 131 cm³/mol. The number of carbonyl (C=O) groups is 1. The first-order valence-electron chi connectivity index (χ1n) is 12.1. The zero-order valence-electron chi connectivity index (χ0n) is 19.5. The number of hydrazine groups is 1. The van der Waals surface area contributed by atoms with Crippen molar-refractivity contribution in [2.75, 3.05) is 18.4 Å². The fourth-order valence-corrected chi connectivity index (χ4v) is 4.75. The first kappa shape index (κ1) is 24.8. The quantitative estimate of drug-likeness (QED) is 0.409. The molecule has 1 aromatic heterocycles. The molecule has 2 saturated carbocycles. The van der Waals surface area contributed by atoms with Gasteiger partial charge in [-0.2, -0.15) is 13.2 Å². The largest absolute Gasteiger partial charge is 0.401 e. The molecule has 1 amide bonds. The van der Waals surface area contributed by atoms with Gasteiger partial charge in [0.2, 0.25) is 0 Å². The molecule has 3 heterocycles.